The Morgan fingerprint density at radius 3 is 1.12 bits per heavy atom. The number of amides is 1. The number of ketones is 1. The first kappa shape index (κ1) is 39.7. The largest absolute Gasteiger partial charge is 0.379 e. The molecule has 0 fully saturated rings. The molecular formula is C27H54N2O12. The van der Waals surface area contributed by atoms with E-state index in [-0.39, 0.29) is 24.7 Å². The first-order chi connectivity index (χ1) is 20.2. The lowest BCUT2D eigenvalue weighted by Crippen LogP contribution is -2.28. The molecule has 0 unspecified atom stereocenters. The Hall–Kier alpha value is -1.30. The van der Waals surface area contributed by atoms with Gasteiger partial charge in [-0.25, -0.2) is 0 Å². The average Bonchev–Trinajstić information content (AvgIpc) is 2.96. The van der Waals surface area contributed by atoms with Crippen LogP contribution in [-0.2, 0) is 57.0 Å². The summed E-state index contributed by atoms with van der Waals surface area (Å²) in [5.41, 5.74) is 0. The van der Waals surface area contributed by atoms with Crippen molar-refractivity contribution in [3.05, 3.63) is 0 Å². The summed E-state index contributed by atoms with van der Waals surface area (Å²) < 4.78 is 53.7. The Balaban J connectivity index is 3.12. The Morgan fingerprint density at radius 1 is 0.439 bits per heavy atom. The van der Waals surface area contributed by atoms with Gasteiger partial charge in [0, 0.05) is 19.5 Å². The molecule has 2 N–H and O–H groups in total. The second kappa shape index (κ2) is 34.9. The third-order valence-corrected chi connectivity index (χ3v) is 4.82. The molecule has 0 aliphatic rings. The van der Waals surface area contributed by atoms with Crippen LogP contribution in [0.3, 0.4) is 0 Å². The van der Waals surface area contributed by atoms with E-state index in [2.05, 4.69) is 10.6 Å². The van der Waals surface area contributed by atoms with Gasteiger partial charge in [0.25, 0.3) is 0 Å². The van der Waals surface area contributed by atoms with Crippen molar-refractivity contribution < 1.29 is 57.0 Å². The third-order valence-electron chi connectivity index (χ3n) is 4.82. The number of ether oxygens (including phenoxy) is 10. The number of likely N-dealkylation sites (N-methyl/N-ethyl adjacent to an activating group) is 1. The van der Waals surface area contributed by atoms with Crippen LogP contribution in [0.5, 0.6) is 0 Å². The molecule has 0 aliphatic heterocycles. The maximum atomic E-state index is 11.7. The Kier molecular flexibility index (Phi) is 33.8. The predicted molar refractivity (Wildman–Crippen MR) is 150 cm³/mol. The molecular weight excluding hydrogens is 544 g/mol. The van der Waals surface area contributed by atoms with Gasteiger partial charge < -0.3 is 58.0 Å². The van der Waals surface area contributed by atoms with Crippen molar-refractivity contribution in [1.29, 1.82) is 0 Å². The highest BCUT2D eigenvalue weighted by molar-refractivity contribution is 5.76. The number of hydrogen-bond acceptors (Lipinski definition) is 13. The normalized spacial score (nSPS) is 11.3. The van der Waals surface area contributed by atoms with Crippen LogP contribution >= 0.6 is 0 Å². The van der Waals surface area contributed by atoms with Crippen molar-refractivity contribution in [2.75, 3.05) is 152 Å². The molecule has 0 spiro atoms. The molecule has 0 aliphatic carbocycles. The number of hydrogen-bond donors (Lipinski definition) is 2. The van der Waals surface area contributed by atoms with Crippen molar-refractivity contribution >= 4 is 11.7 Å². The molecule has 0 saturated heterocycles. The van der Waals surface area contributed by atoms with E-state index in [4.69, 9.17) is 47.4 Å². The van der Waals surface area contributed by atoms with Crippen molar-refractivity contribution in [3.63, 3.8) is 0 Å². The Labute approximate surface area is 245 Å². The standard InChI is InChI=1S/C27H54N2O12/c1-26(30)25-41-24-23-34-8-5-29-27(31)3-6-32-9-11-35-13-15-37-17-19-39-21-22-40-20-18-38-16-14-36-12-10-33-7-4-28-2/h28H,3-25H2,1-2H3,(H,29,31). The fourth-order valence-corrected chi connectivity index (χ4v) is 2.77. The van der Waals surface area contributed by atoms with Crippen LogP contribution in [0.4, 0.5) is 0 Å². The SMILES string of the molecule is CNCCOCCOCCOCCOCCOCCOCCOCCOCCC(=O)NCCOCCOCC(C)=O. The minimum absolute atomic E-state index is 0.0227. The van der Waals surface area contributed by atoms with Crippen LogP contribution in [0.25, 0.3) is 0 Å². The van der Waals surface area contributed by atoms with Crippen LogP contribution in [-0.4, -0.2) is 164 Å². The Morgan fingerprint density at radius 2 is 0.756 bits per heavy atom. The molecule has 41 heavy (non-hydrogen) atoms. The molecule has 0 radical (unpaired) electrons. The Bertz CT molecular complexity index is 560. The van der Waals surface area contributed by atoms with E-state index in [1.165, 1.54) is 6.92 Å². The molecule has 14 nitrogen and oxygen atoms in total. The van der Waals surface area contributed by atoms with E-state index >= 15 is 0 Å². The summed E-state index contributed by atoms with van der Waals surface area (Å²) in [4.78, 5) is 22.4. The summed E-state index contributed by atoms with van der Waals surface area (Å²) in [6, 6.07) is 0. The summed E-state index contributed by atoms with van der Waals surface area (Å²) in [6.07, 6.45) is 0.271. The molecule has 0 bridgehead atoms. The van der Waals surface area contributed by atoms with E-state index in [9.17, 15) is 9.59 Å². The van der Waals surface area contributed by atoms with Crippen LogP contribution in [0.1, 0.15) is 13.3 Å². The molecule has 1 amide bonds. The second-order valence-electron chi connectivity index (χ2n) is 8.47. The fourth-order valence-electron chi connectivity index (χ4n) is 2.77. The fraction of sp³-hybridized carbons (Fsp3) is 0.926. The highest BCUT2D eigenvalue weighted by Crippen LogP contribution is 1.88. The van der Waals surface area contributed by atoms with Gasteiger partial charge in [-0.1, -0.05) is 0 Å². The van der Waals surface area contributed by atoms with Gasteiger partial charge in [-0.3, -0.25) is 9.59 Å². The van der Waals surface area contributed by atoms with Gasteiger partial charge in [0.15, 0.2) is 5.78 Å². The molecule has 14 heteroatoms. The van der Waals surface area contributed by atoms with Crippen LogP contribution in [0.15, 0.2) is 0 Å². The molecule has 0 atom stereocenters. The number of Topliss-reactive ketones (excluding diaryl/α,β-unsaturated/α-hetero) is 1. The molecule has 0 saturated carbocycles. The van der Waals surface area contributed by atoms with Gasteiger partial charge in [0.2, 0.25) is 5.91 Å². The van der Waals surface area contributed by atoms with Crippen LogP contribution in [0, 0.1) is 0 Å². The van der Waals surface area contributed by atoms with E-state index < -0.39 is 0 Å². The molecule has 0 rings (SSSR count). The molecule has 244 valence electrons. The van der Waals surface area contributed by atoms with Gasteiger partial charge in [-0.2, -0.15) is 0 Å². The summed E-state index contributed by atoms with van der Waals surface area (Å²) in [5.74, 6) is -0.126. The average molecular weight is 599 g/mol. The van der Waals surface area contributed by atoms with Crippen molar-refractivity contribution in [2.45, 2.75) is 13.3 Å². The van der Waals surface area contributed by atoms with E-state index in [0.29, 0.717) is 132 Å². The number of rotatable bonds is 35. The lowest BCUT2D eigenvalue weighted by molar-refractivity contribution is -0.123. The van der Waals surface area contributed by atoms with E-state index in [1.807, 2.05) is 7.05 Å². The summed E-state index contributed by atoms with van der Waals surface area (Å²) >= 11 is 0. The smallest absolute Gasteiger partial charge is 0.222 e. The zero-order chi connectivity index (χ0) is 29.9. The third kappa shape index (κ3) is 36.7. The lowest BCUT2D eigenvalue weighted by Gasteiger charge is -2.09. The van der Waals surface area contributed by atoms with Crippen LogP contribution < -0.4 is 10.6 Å². The first-order valence-corrected chi connectivity index (χ1v) is 14.3. The number of carbonyl (C=O) groups is 2. The predicted octanol–water partition coefficient (Wildman–Crippen LogP) is -0.533. The van der Waals surface area contributed by atoms with Crippen molar-refractivity contribution in [3.8, 4) is 0 Å². The number of nitrogens with one attached hydrogen (secondary N) is 2. The van der Waals surface area contributed by atoms with E-state index in [1.54, 1.807) is 0 Å². The minimum atomic E-state index is -0.103. The topological polar surface area (TPSA) is 151 Å². The van der Waals surface area contributed by atoms with E-state index in [0.717, 1.165) is 6.54 Å². The second-order valence-corrected chi connectivity index (χ2v) is 8.47. The highest BCUT2D eigenvalue weighted by Gasteiger charge is 2.01. The minimum Gasteiger partial charge on any atom is -0.379 e. The molecule has 0 aromatic carbocycles. The molecule has 0 heterocycles. The maximum absolute atomic E-state index is 11.7. The van der Waals surface area contributed by atoms with Gasteiger partial charge in [-0.15, -0.1) is 0 Å². The zero-order valence-electron chi connectivity index (χ0n) is 25.2. The zero-order valence-corrected chi connectivity index (χ0v) is 25.2. The van der Waals surface area contributed by atoms with Crippen molar-refractivity contribution in [2.24, 2.45) is 0 Å². The highest BCUT2D eigenvalue weighted by atomic mass is 16.6. The quantitative estimate of drug-likeness (QED) is 0.0901. The van der Waals surface area contributed by atoms with Gasteiger partial charge in [-0.05, 0) is 14.0 Å². The summed E-state index contributed by atoms with van der Waals surface area (Å²) in [6.45, 7) is 11.9. The monoisotopic (exact) mass is 598 g/mol. The first-order valence-electron chi connectivity index (χ1n) is 14.3. The maximum Gasteiger partial charge on any atom is 0.222 e. The molecule has 0 aromatic rings. The summed E-state index contributed by atoms with van der Waals surface area (Å²) in [7, 11) is 1.89. The lowest BCUT2D eigenvalue weighted by atomic mass is 10.4. The van der Waals surface area contributed by atoms with Gasteiger partial charge in [0.1, 0.15) is 6.61 Å². The molecule has 0 aromatic heterocycles. The summed E-state index contributed by atoms with van der Waals surface area (Å²) in [5, 5.41) is 5.76. The van der Waals surface area contributed by atoms with Gasteiger partial charge in [0.05, 0.1) is 126 Å². The van der Waals surface area contributed by atoms with Crippen molar-refractivity contribution in [1.82, 2.24) is 10.6 Å². The van der Waals surface area contributed by atoms with Crippen LogP contribution in [0.2, 0.25) is 0 Å². The number of carbonyl (C=O) groups excluding carboxylic acids is 2. The van der Waals surface area contributed by atoms with Gasteiger partial charge >= 0.3 is 0 Å².